The number of benzene rings is 2. The molecule has 0 bridgehead atoms. The first-order valence-corrected chi connectivity index (χ1v) is 8.23. The molecule has 0 aromatic heterocycles. The number of ether oxygens (including phenoxy) is 2. The first kappa shape index (κ1) is 19.7. The number of rotatable bonds is 9. The van der Waals surface area contributed by atoms with Gasteiger partial charge in [0.2, 0.25) is 0 Å². The van der Waals surface area contributed by atoms with Crippen LogP contribution in [0.5, 0.6) is 17.2 Å². The summed E-state index contributed by atoms with van der Waals surface area (Å²) in [5, 5.41) is 0. The summed E-state index contributed by atoms with van der Waals surface area (Å²) in [6.45, 7) is 0.707. The predicted octanol–water partition coefficient (Wildman–Crippen LogP) is 4.71. The molecule has 3 nitrogen and oxygen atoms in total. The van der Waals surface area contributed by atoms with E-state index in [1.54, 1.807) is 0 Å². The average molecular weight is 354 g/mol. The predicted molar refractivity (Wildman–Crippen MR) is 101 cm³/mol. The molecule has 0 aliphatic rings. The lowest BCUT2D eigenvalue weighted by molar-refractivity contribution is 0.303. The lowest BCUT2D eigenvalue weighted by Crippen LogP contribution is -2.21. The van der Waals surface area contributed by atoms with Crippen LogP contribution in [0.15, 0.2) is 54.6 Å². The first-order valence-electron chi connectivity index (χ1n) is 7.60. The molecule has 0 heterocycles. The summed E-state index contributed by atoms with van der Waals surface area (Å²) in [6.07, 6.45) is 3.07. The molecule has 0 amide bonds. The fourth-order valence-electron chi connectivity index (χ4n) is 2.02. The van der Waals surface area contributed by atoms with Crippen molar-refractivity contribution in [1.82, 2.24) is 0 Å². The third-order valence-electron chi connectivity index (χ3n) is 3.28. The Labute approximate surface area is 150 Å². The van der Waals surface area contributed by atoms with E-state index in [0.29, 0.717) is 6.61 Å². The number of thiol groups is 1. The van der Waals surface area contributed by atoms with Crippen molar-refractivity contribution < 1.29 is 9.47 Å². The molecule has 0 aliphatic heterocycles. The highest BCUT2D eigenvalue weighted by Crippen LogP contribution is 2.23. The van der Waals surface area contributed by atoms with Gasteiger partial charge < -0.3 is 15.2 Å². The summed E-state index contributed by atoms with van der Waals surface area (Å²) < 4.78 is 11.4. The Morgan fingerprint density at radius 3 is 2.13 bits per heavy atom. The van der Waals surface area contributed by atoms with E-state index in [-0.39, 0.29) is 18.4 Å². The largest absolute Gasteiger partial charge is 0.494 e. The van der Waals surface area contributed by atoms with Crippen LogP contribution in [-0.4, -0.2) is 18.4 Å². The van der Waals surface area contributed by atoms with Gasteiger partial charge in [0.15, 0.2) is 0 Å². The van der Waals surface area contributed by atoms with Gasteiger partial charge in [-0.25, -0.2) is 0 Å². The Kier molecular flexibility index (Phi) is 9.60. The molecule has 2 N–H and O–H groups in total. The van der Waals surface area contributed by atoms with E-state index in [2.05, 4.69) is 12.6 Å². The molecule has 0 unspecified atom stereocenters. The van der Waals surface area contributed by atoms with E-state index in [0.717, 1.165) is 42.3 Å². The van der Waals surface area contributed by atoms with Crippen LogP contribution in [0.1, 0.15) is 19.3 Å². The average Bonchev–Trinajstić information content (AvgIpc) is 2.57. The van der Waals surface area contributed by atoms with Gasteiger partial charge in [-0.1, -0.05) is 18.2 Å². The maximum absolute atomic E-state index is 5.82. The van der Waals surface area contributed by atoms with Crippen LogP contribution in [-0.2, 0) is 0 Å². The molecular formula is C18H24ClNO2S. The molecule has 23 heavy (non-hydrogen) atoms. The monoisotopic (exact) mass is 353 g/mol. The minimum atomic E-state index is 0. The van der Waals surface area contributed by atoms with Gasteiger partial charge >= 0.3 is 0 Å². The van der Waals surface area contributed by atoms with Crippen LogP contribution < -0.4 is 15.2 Å². The maximum atomic E-state index is 5.82. The van der Waals surface area contributed by atoms with Gasteiger partial charge in [0.25, 0.3) is 0 Å². The topological polar surface area (TPSA) is 44.5 Å². The van der Waals surface area contributed by atoms with E-state index in [1.165, 1.54) is 0 Å². The summed E-state index contributed by atoms with van der Waals surface area (Å²) in [6, 6.07) is 17.6. The lowest BCUT2D eigenvalue weighted by Gasteiger charge is -2.10. The Morgan fingerprint density at radius 1 is 0.870 bits per heavy atom. The van der Waals surface area contributed by atoms with Gasteiger partial charge in [-0.3, -0.25) is 0 Å². The van der Waals surface area contributed by atoms with Crippen molar-refractivity contribution in [3.05, 3.63) is 54.6 Å². The van der Waals surface area contributed by atoms with E-state index in [4.69, 9.17) is 15.2 Å². The van der Waals surface area contributed by atoms with Gasteiger partial charge in [-0.2, -0.15) is 12.6 Å². The second kappa shape index (κ2) is 11.2. The molecule has 2 aromatic carbocycles. The second-order valence-electron chi connectivity index (χ2n) is 5.17. The fraction of sp³-hybridized carbons (Fsp3) is 0.333. The highest BCUT2D eigenvalue weighted by molar-refractivity contribution is 7.80. The highest BCUT2D eigenvalue weighted by Gasteiger charge is 2.00. The quantitative estimate of drug-likeness (QED) is 0.507. The SMILES string of the molecule is Cl.N[C@H](CS)CCCCOc1ccc(Oc2ccccc2)cc1. The van der Waals surface area contributed by atoms with Gasteiger partial charge in [-0.05, 0) is 55.7 Å². The molecular weight excluding hydrogens is 330 g/mol. The zero-order valence-electron chi connectivity index (χ0n) is 13.1. The van der Waals surface area contributed by atoms with Crippen LogP contribution >= 0.6 is 25.0 Å². The molecule has 2 rings (SSSR count). The summed E-state index contributed by atoms with van der Waals surface area (Å²) in [5.74, 6) is 3.23. The molecule has 1 atom stereocenters. The zero-order chi connectivity index (χ0) is 15.6. The first-order chi connectivity index (χ1) is 10.8. The van der Waals surface area contributed by atoms with Crippen molar-refractivity contribution in [2.24, 2.45) is 5.73 Å². The molecule has 0 fully saturated rings. The molecule has 0 radical (unpaired) electrons. The maximum Gasteiger partial charge on any atom is 0.127 e. The van der Waals surface area contributed by atoms with Gasteiger partial charge in [0.05, 0.1) is 6.61 Å². The van der Waals surface area contributed by atoms with Crippen LogP contribution in [0.2, 0.25) is 0 Å². The van der Waals surface area contributed by atoms with Crippen LogP contribution in [0.3, 0.4) is 0 Å². The zero-order valence-corrected chi connectivity index (χ0v) is 14.8. The minimum Gasteiger partial charge on any atom is -0.494 e. The third kappa shape index (κ3) is 7.64. The molecule has 5 heteroatoms. The van der Waals surface area contributed by atoms with Crippen molar-refractivity contribution in [1.29, 1.82) is 0 Å². The van der Waals surface area contributed by atoms with Crippen molar-refractivity contribution in [2.75, 3.05) is 12.4 Å². The summed E-state index contributed by atoms with van der Waals surface area (Å²) in [7, 11) is 0. The standard InChI is InChI=1S/C18H23NO2S.ClH/c19-15(14-22)6-4-5-13-20-16-9-11-18(12-10-16)21-17-7-2-1-3-8-17;/h1-3,7-12,15,22H,4-6,13-14,19H2;1H/t15-;/m0./s1. The van der Waals surface area contributed by atoms with Gasteiger partial charge in [0.1, 0.15) is 17.2 Å². The summed E-state index contributed by atoms with van der Waals surface area (Å²) >= 11 is 4.17. The lowest BCUT2D eigenvalue weighted by atomic mass is 10.1. The van der Waals surface area contributed by atoms with Crippen molar-refractivity contribution in [3.63, 3.8) is 0 Å². The minimum absolute atomic E-state index is 0. The summed E-state index contributed by atoms with van der Waals surface area (Å²) in [4.78, 5) is 0. The van der Waals surface area contributed by atoms with E-state index in [9.17, 15) is 0 Å². The van der Waals surface area contributed by atoms with Crippen molar-refractivity contribution >= 4 is 25.0 Å². The second-order valence-corrected chi connectivity index (χ2v) is 5.54. The van der Waals surface area contributed by atoms with Gasteiger partial charge in [0, 0.05) is 11.8 Å². The third-order valence-corrected chi connectivity index (χ3v) is 3.74. The van der Waals surface area contributed by atoms with Crippen LogP contribution in [0, 0.1) is 0 Å². The van der Waals surface area contributed by atoms with E-state index >= 15 is 0 Å². The smallest absolute Gasteiger partial charge is 0.127 e. The van der Waals surface area contributed by atoms with Crippen molar-refractivity contribution in [2.45, 2.75) is 25.3 Å². The number of halogens is 1. The van der Waals surface area contributed by atoms with E-state index in [1.807, 2.05) is 54.6 Å². The number of hydrogen-bond acceptors (Lipinski definition) is 4. The highest BCUT2D eigenvalue weighted by atomic mass is 35.5. The van der Waals surface area contributed by atoms with Gasteiger partial charge in [-0.15, -0.1) is 12.4 Å². The summed E-state index contributed by atoms with van der Waals surface area (Å²) in [5.41, 5.74) is 5.82. The number of unbranched alkanes of at least 4 members (excludes halogenated alkanes) is 1. The molecule has 0 aliphatic carbocycles. The number of para-hydroxylation sites is 1. The fourth-order valence-corrected chi connectivity index (χ4v) is 2.20. The Morgan fingerprint density at radius 2 is 1.48 bits per heavy atom. The number of nitrogens with two attached hydrogens (primary N) is 1. The number of hydrogen-bond donors (Lipinski definition) is 2. The van der Waals surface area contributed by atoms with Crippen LogP contribution in [0.25, 0.3) is 0 Å². The molecule has 0 saturated heterocycles. The Balaban J connectivity index is 0.00000264. The van der Waals surface area contributed by atoms with E-state index < -0.39 is 0 Å². The van der Waals surface area contributed by atoms with Crippen molar-refractivity contribution in [3.8, 4) is 17.2 Å². The van der Waals surface area contributed by atoms with Crippen LogP contribution in [0.4, 0.5) is 0 Å². The molecule has 0 saturated carbocycles. The normalized spacial score (nSPS) is 11.4. The molecule has 126 valence electrons. The Hall–Kier alpha value is -1.36. The molecule has 0 spiro atoms. The Bertz CT molecular complexity index is 536. The molecule has 2 aromatic rings.